The second-order valence-corrected chi connectivity index (χ2v) is 4.86. The van der Waals surface area contributed by atoms with Crippen LogP contribution in [0, 0.1) is 0 Å². The highest BCUT2D eigenvalue weighted by Crippen LogP contribution is 2.23. The van der Waals surface area contributed by atoms with Crippen molar-refractivity contribution in [3.8, 4) is 5.75 Å². The van der Waals surface area contributed by atoms with Gasteiger partial charge in [0.25, 0.3) is 0 Å². The van der Waals surface area contributed by atoms with Crippen LogP contribution in [-0.2, 0) is 4.79 Å². The van der Waals surface area contributed by atoms with Gasteiger partial charge in [-0.1, -0.05) is 31.4 Å². The van der Waals surface area contributed by atoms with E-state index in [2.05, 4.69) is 5.32 Å². The number of rotatable bonds is 4. The molecule has 1 aliphatic rings. The molecule has 1 aromatic rings. The Morgan fingerprint density at radius 3 is 2.33 bits per heavy atom. The SMILES string of the molecule is O=C(O)C(NC1CCCCC1)c1ccc(O)cc1. The van der Waals surface area contributed by atoms with Crippen molar-refractivity contribution in [2.45, 2.75) is 44.2 Å². The van der Waals surface area contributed by atoms with Gasteiger partial charge < -0.3 is 10.2 Å². The van der Waals surface area contributed by atoms with Crippen LogP contribution in [0.5, 0.6) is 5.75 Å². The Labute approximate surface area is 107 Å². The van der Waals surface area contributed by atoms with Gasteiger partial charge in [-0.2, -0.15) is 0 Å². The quantitative estimate of drug-likeness (QED) is 0.766. The van der Waals surface area contributed by atoms with Gasteiger partial charge in [0.2, 0.25) is 0 Å². The first-order chi connectivity index (χ1) is 8.66. The molecule has 3 N–H and O–H groups in total. The lowest BCUT2D eigenvalue weighted by Gasteiger charge is -2.26. The van der Waals surface area contributed by atoms with Gasteiger partial charge in [-0.15, -0.1) is 0 Å². The maximum absolute atomic E-state index is 11.3. The Balaban J connectivity index is 2.07. The Kier molecular flexibility index (Phi) is 4.20. The molecule has 0 bridgehead atoms. The number of benzene rings is 1. The molecule has 0 heterocycles. The smallest absolute Gasteiger partial charge is 0.325 e. The average molecular weight is 249 g/mol. The second-order valence-electron chi connectivity index (χ2n) is 4.86. The lowest BCUT2D eigenvalue weighted by molar-refractivity contribution is -0.140. The molecule has 1 atom stereocenters. The number of carboxylic acid groups (broad SMARTS) is 1. The number of aromatic hydroxyl groups is 1. The van der Waals surface area contributed by atoms with Crippen molar-refractivity contribution in [3.05, 3.63) is 29.8 Å². The summed E-state index contributed by atoms with van der Waals surface area (Å²) < 4.78 is 0. The maximum Gasteiger partial charge on any atom is 0.325 e. The van der Waals surface area contributed by atoms with Crippen LogP contribution < -0.4 is 5.32 Å². The molecule has 0 spiro atoms. The van der Waals surface area contributed by atoms with E-state index in [1.807, 2.05) is 0 Å². The summed E-state index contributed by atoms with van der Waals surface area (Å²) in [5.74, 6) is -0.716. The zero-order valence-corrected chi connectivity index (χ0v) is 10.3. The van der Waals surface area contributed by atoms with Crippen molar-refractivity contribution in [1.82, 2.24) is 5.32 Å². The molecule has 0 aromatic heterocycles. The Morgan fingerprint density at radius 2 is 1.78 bits per heavy atom. The van der Waals surface area contributed by atoms with E-state index in [0.29, 0.717) is 5.56 Å². The van der Waals surface area contributed by atoms with Crippen molar-refractivity contribution in [2.24, 2.45) is 0 Å². The van der Waals surface area contributed by atoms with Crippen molar-refractivity contribution in [3.63, 3.8) is 0 Å². The molecule has 18 heavy (non-hydrogen) atoms. The fourth-order valence-electron chi connectivity index (χ4n) is 2.48. The lowest BCUT2D eigenvalue weighted by Crippen LogP contribution is -2.38. The number of hydrogen-bond acceptors (Lipinski definition) is 3. The van der Waals surface area contributed by atoms with E-state index in [4.69, 9.17) is 0 Å². The number of phenolic OH excluding ortho intramolecular Hbond substituents is 1. The molecule has 0 saturated heterocycles. The highest BCUT2D eigenvalue weighted by atomic mass is 16.4. The van der Waals surface area contributed by atoms with Gasteiger partial charge in [0.15, 0.2) is 0 Å². The molecule has 1 fully saturated rings. The van der Waals surface area contributed by atoms with Gasteiger partial charge in [0.1, 0.15) is 11.8 Å². The van der Waals surface area contributed by atoms with Crippen LogP contribution in [0.25, 0.3) is 0 Å². The van der Waals surface area contributed by atoms with Gasteiger partial charge in [0, 0.05) is 6.04 Å². The van der Waals surface area contributed by atoms with E-state index in [1.165, 1.54) is 31.4 Å². The molecule has 0 amide bonds. The molecule has 0 radical (unpaired) electrons. The first kappa shape index (κ1) is 12.9. The van der Waals surface area contributed by atoms with Crippen LogP contribution in [0.3, 0.4) is 0 Å². The molecular weight excluding hydrogens is 230 g/mol. The molecule has 2 rings (SSSR count). The summed E-state index contributed by atoms with van der Waals surface area (Å²) in [5.41, 5.74) is 0.686. The second kappa shape index (κ2) is 5.87. The van der Waals surface area contributed by atoms with Crippen LogP contribution in [0.4, 0.5) is 0 Å². The van der Waals surface area contributed by atoms with Gasteiger partial charge in [-0.05, 0) is 30.5 Å². The Bertz CT molecular complexity index is 396. The average Bonchev–Trinajstić information content (AvgIpc) is 2.38. The highest BCUT2D eigenvalue weighted by Gasteiger charge is 2.24. The molecule has 98 valence electrons. The summed E-state index contributed by atoms with van der Waals surface area (Å²) in [5, 5.41) is 21.7. The number of nitrogens with one attached hydrogen (secondary N) is 1. The predicted molar refractivity (Wildman–Crippen MR) is 68.5 cm³/mol. The normalized spacial score (nSPS) is 18.4. The first-order valence-corrected chi connectivity index (χ1v) is 6.44. The number of carbonyl (C=O) groups is 1. The standard InChI is InChI=1S/C14H19NO3/c16-12-8-6-10(7-9-12)13(14(17)18)15-11-4-2-1-3-5-11/h6-9,11,13,15-16H,1-5H2,(H,17,18). The van der Waals surface area contributed by atoms with Crippen molar-refractivity contribution >= 4 is 5.97 Å². The minimum Gasteiger partial charge on any atom is -0.508 e. The van der Waals surface area contributed by atoms with Crippen molar-refractivity contribution in [2.75, 3.05) is 0 Å². The van der Waals surface area contributed by atoms with E-state index < -0.39 is 12.0 Å². The predicted octanol–water partition coefficient (Wildman–Crippen LogP) is 2.44. The molecule has 0 aliphatic heterocycles. The van der Waals surface area contributed by atoms with Crippen molar-refractivity contribution in [1.29, 1.82) is 0 Å². The van der Waals surface area contributed by atoms with Crippen LogP contribution in [-0.4, -0.2) is 22.2 Å². The summed E-state index contributed by atoms with van der Waals surface area (Å²) >= 11 is 0. The number of hydrogen-bond donors (Lipinski definition) is 3. The van der Waals surface area contributed by atoms with Crippen LogP contribution in [0.15, 0.2) is 24.3 Å². The summed E-state index contributed by atoms with van der Waals surface area (Å²) in [6.45, 7) is 0. The molecular formula is C14H19NO3. The Morgan fingerprint density at radius 1 is 1.17 bits per heavy atom. The summed E-state index contributed by atoms with van der Waals surface area (Å²) in [4.78, 5) is 11.3. The number of phenols is 1. The third kappa shape index (κ3) is 3.23. The van der Waals surface area contributed by atoms with Crippen LogP contribution in [0.2, 0.25) is 0 Å². The fraction of sp³-hybridized carbons (Fsp3) is 0.500. The number of aliphatic carboxylic acids is 1. The molecule has 4 nitrogen and oxygen atoms in total. The summed E-state index contributed by atoms with van der Waals surface area (Å²) in [6.07, 6.45) is 5.66. The first-order valence-electron chi connectivity index (χ1n) is 6.44. The van der Waals surface area contributed by atoms with E-state index in [-0.39, 0.29) is 11.8 Å². The van der Waals surface area contributed by atoms with Gasteiger partial charge >= 0.3 is 5.97 Å². The van der Waals surface area contributed by atoms with Crippen LogP contribution in [0.1, 0.15) is 43.7 Å². The van der Waals surface area contributed by atoms with E-state index in [1.54, 1.807) is 12.1 Å². The Hall–Kier alpha value is -1.55. The maximum atomic E-state index is 11.3. The summed E-state index contributed by atoms with van der Waals surface area (Å²) in [7, 11) is 0. The minimum absolute atomic E-state index is 0.153. The van der Waals surface area contributed by atoms with E-state index in [0.717, 1.165) is 12.8 Å². The molecule has 1 aliphatic carbocycles. The number of carboxylic acids is 1. The van der Waals surface area contributed by atoms with Gasteiger partial charge in [-0.25, -0.2) is 0 Å². The fourth-order valence-corrected chi connectivity index (χ4v) is 2.48. The topological polar surface area (TPSA) is 69.6 Å². The largest absolute Gasteiger partial charge is 0.508 e. The minimum atomic E-state index is -0.869. The van der Waals surface area contributed by atoms with Gasteiger partial charge in [0.05, 0.1) is 0 Å². The molecule has 1 aromatic carbocycles. The third-order valence-electron chi connectivity index (χ3n) is 3.48. The van der Waals surface area contributed by atoms with E-state index >= 15 is 0 Å². The molecule has 1 unspecified atom stereocenters. The zero-order chi connectivity index (χ0) is 13.0. The van der Waals surface area contributed by atoms with E-state index in [9.17, 15) is 15.0 Å². The van der Waals surface area contributed by atoms with Crippen molar-refractivity contribution < 1.29 is 15.0 Å². The third-order valence-corrected chi connectivity index (χ3v) is 3.48. The zero-order valence-electron chi connectivity index (χ0n) is 10.3. The molecule has 4 heteroatoms. The van der Waals surface area contributed by atoms with Crippen LogP contribution >= 0.6 is 0 Å². The van der Waals surface area contributed by atoms with Gasteiger partial charge in [-0.3, -0.25) is 10.1 Å². The molecule has 1 saturated carbocycles. The summed E-state index contributed by atoms with van der Waals surface area (Å²) in [6, 6.07) is 5.96. The highest BCUT2D eigenvalue weighted by molar-refractivity contribution is 5.75. The lowest BCUT2D eigenvalue weighted by atomic mass is 9.94. The monoisotopic (exact) mass is 249 g/mol.